The van der Waals surface area contributed by atoms with Gasteiger partial charge in [-0.2, -0.15) is 0 Å². The number of anilines is 2. The van der Waals surface area contributed by atoms with Crippen molar-refractivity contribution in [2.75, 3.05) is 23.9 Å². The van der Waals surface area contributed by atoms with Gasteiger partial charge >= 0.3 is 0 Å². The number of rotatable bonds is 4. The predicted octanol–water partition coefficient (Wildman–Crippen LogP) is 3.91. The van der Waals surface area contributed by atoms with E-state index in [1.807, 2.05) is 42.5 Å². The number of nitrogens with zero attached hydrogens (tertiary/aromatic N) is 1. The van der Waals surface area contributed by atoms with E-state index < -0.39 is 0 Å². The molecule has 0 fully saturated rings. The van der Waals surface area contributed by atoms with Crippen molar-refractivity contribution in [3.8, 4) is 5.75 Å². The second-order valence-electron chi connectivity index (χ2n) is 7.91. The van der Waals surface area contributed by atoms with Crippen LogP contribution in [0.25, 0.3) is 0 Å². The van der Waals surface area contributed by atoms with E-state index in [0.717, 1.165) is 11.3 Å². The van der Waals surface area contributed by atoms with Gasteiger partial charge in [-0.05, 0) is 53.3 Å². The van der Waals surface area contributed by atoms with Crippen molar-refractivity contribution in [3.63, 3.8) is 0 Å². The lowest BCUT2D eigenvalue weighted by atomic mass is 9.87. The lowest BCUT2D eigenvalue weighted by Crippen LogP contribution is -2.31. The summed E-state index contributed by atoms with van der Waals surface area (Å²) in [4.78, 5) is 25.6. The fourth-order valence-electron chi connectivity index (χ4n) is 3.13. The molecule has 1 aliphatic heterocycles. The molecule has 1 heterocycles. The van der Waals surface area contributed by atoms with Crippen molar-refractivity contribution < 1.29 is 14.3 Å². The Morgan fingerprint density at radius 2 is 1.81 bits per heavy atom. The van der Waals surface area contributed by atoms with Crippen LogP contribution < -0.4 is 15.0 Å². The summed E-state index contributed by atoms with van der Waals surface area (Å²) < 4.78 is 5.59. The molecule has 0 unspecified atom stereocenters. The zero-order valence-corrected chi connectivity index (χ0v) is 16.3. The molecule has 0 bridgehead atoms. The van der Waals surface area contributed by atoms with Crippen LogP contribution in [0.15, 0.2) is 42.5 Å². The van der Waals surface area contributed by atoms with Gasteiger partial charge in [-0.1, -0.05) is 32.9 Å². The number of ether oxygens (including phenoxy) is 1. The third-order valence-corrected chi connectivity index (χ3v) is 4.80. The van der Waals surface area contributed by atoms with Crippen molar-refractivity contribution in [2.45, 2.75) is 39.0 Å². The number of hydrogen-bond donors (Lipinski definition) is 1. The molecule has 0 aromatic heterocycles. The molecule has 0 aliphatic carbocycles. The molecular formula is C22H26N2O3. The van der Waals surface area contributed by atoms with Crippen molar-refractivity contribution in [2.24, 2.45) is 0 Å². The molecule has 1 N–H and O–H groups in total. The van der Waals surface area contributed by atoms with Gasteiger partial charge in [-0.25, -0.2) is 0 Å². The quantitative estimate of drug-likeness (QED) is 0.892. The molecular weight excluding hydrogens is 340 g/mol. The fraction of sp³-hybridized carbons (Fsp3) is 0.364. The summed E-state index contributed by atoms with van der Waals surface area (Å²) in [7, 11) is 1.78. The van der Waals surface area contributed by atoms with Crippen LogP contribution in [0.2, 0.25) is 0 Å². The second-order valence-corrected chi connectivity index (χ2v) is 7.91. The minimum atomic E-state index is -0.213. The highest BCUT2D eigenvalue weighted by Gasteiger charge is 2.21. The number of benzene rings is 2. The predicted molar refractivity (Wildman–Crippen MR) is 107 cm³/mol. The first-order chi connectivity index (χ1) is 12.7. The number of amides is 2. The van der Waals surface area contributed by atoms with E-state index in [9.17, 15) is 9.59 Å². The highest BCUT2D eigenvalue weighted by atomic mass is 16.5. The molecule has 5 nitrogen and oxygen atoms in total. The molecule has 0 radical (unpaired) electrons. The van der Waals surface area contributed by atoms with Crippen LogP contribution in [0, 0.1) is 0 Å². The van der Waals surface area contributed by atoms with Gasteiger partial charge in [0.05, 0.1) is 0 Å². The Kier molecular flexibility index (Phi) is 5.22. The minimum absolute atomic E-state index is 0.0513. The van der Waals surface area contributed by atoms with Crippen LogP contribution in [-0.4, -0.2) is 25.5 Å². The second kappa shape index (κ2) is 7.43. The summed E-state index contributed by atoms with van der Waals surface area (Å²) in [5.74, 6) is 0.573. The number of carbonyl (C=O) groups is 2. The van der Waals surface area contributed by atoms with Gasteiger partial charge in [0.15, 0.2) is 6.61 Å². The maximum Gasteiger partial charge on any atom is 0.262 e. The Balaban J connectivity index is 1.58. The van der Waals surface area contributed by atoms with Gasteiger partial charge in [0.1, 0.15) is 5.75 Å². The lowest BCUT2D eigenvalue weighted by molar-refractivity contribution is -0.119. The Morgan fingerprint density at radius 3 is 2.48 bits per heavy atom. The van der Waals surface area contributed by atoms with Crippen LogP contribution in [0.5, 0.6) is 5.75 Å². The number of fused-ring (bicyclic) bond motifs is 1. The summed E-state index contributed by atoms with van der Waals surface area (Å²) in [5, 5.41) is 2.86. The Hall–Kier alpha value is -2.82. The van der Waals surface area contributed by atoms with Crippen LogP contribution in [0.3, 0.4) is 0 Å². The number of aryl methyl sites for hydroxylation is 1. The van der Waals surface area contributed by atoms with Crippen molar-refractivity contribution in [1.29, 1.82) is 0 Å². The third-order valence-electron chi connectivity index (χ3n) is 4.80. The minimum Gasteiger partial charge on any atom is -0.484 e. The molecule has 0 spiro atoms. The van der Waals surface area contributed by atoms with Gasteiger partial charge in [-0.3, -0.25) is 9.59 Å². The average Bonchev–Trinajstić information content (AvgIpc) is 2.63. The van der Waals surface area contributed by atoms with Crippen LogP contribution in [-0.2, 0) is 21.4 Å². The zero-order valence-electron chi connectivity index (χ0n) is 16.3. The number of hydrogen-bond acceptors (Lipinski definition) is 3. The van der Waals surface area contributed by atoms with Crippen molar-refractivity contribution >= 4 is 23.2 Å². The zero-order chi connectivity index (χ0) is 19.6. The molecule has 0 saturated heterocycles. The highest BCUT2D eigenvalue weighted by molar-refractivity contribution is 5.97. The van der Waals surface area contributed by atoms with Gasteiger partial charge in [0, 0.05) is 24.8 Å². The van der Waals surface area contributed by atoms with Gasteiger partial charge in [0.2, 0.25) is 5.91 Å². The maximum atomic E-state index is 12.2. The standard InChI is InChI=1S/C22H26N2O3/c1-22(2,3)16-6-9-18(10-7-16)27-14-20(25)23-17-8-11-19-15(13-17)5-12-21(26)24(19)4/h6-11,13H,5,12,14H2,1-4H3,(H,23,25). The topological polar surface area (TPSA) is 58.6 Å². The molecule has 1 aliphatic rings. The van der Waals surface area contributed by atoms with E-state index in [-0.39, 0.29) is 23.8 Å². The van der Waals surface area contributed by atoms with Crippen LogP contribution in [0.4, 0.5) is 11.4 Å². The van der Waals surface area contributed by atoms with Crippen LogP contribution in [0.1, 0.15) is 38.3 Å². The summed E-state index contributed by atoms with van der Waals surface area (Å²) in [5.41, 5.74) is 3.99. The first-order valence-corrected chi connectivity index (χ1v) is 9.17. The SMILES string of the molecule is CN1C(=O)CCc2cc(NC(=O)COc3ccc(C(C)(C)C)cc3)ccc21. The van der Waals surface area contributed by atoms with E-state index in [0.29, 0.717) is 24.3 Å². The number of nitrogens with one attached hydrogen (secondary N) is 1. The van der Waals surface area contributed by atoms with Crippen molar-refractivity contribution in [3.05, 3.63) is 53.6 Å². The normalized spacial score (nSPS) is 13.9. The maximum absolute atomic E-state index is 12.2. The molecule has 2 amide bonds. The first kappa shape index (κ1) is 19.0. The largest absolute Gasteiger partial charge is 0.484 e. The monoisotopic (exact) mass is 366 g/mol. The first-order valence-electron chi connectivity index (χ1n) is 9.17. The molecule has 2 aromatic carbocycles. The molecule has 5 heteroatoms. The molecule has 0 atom stereocenters. The lowest BCUT2D eigenvalue weighted by Gasteiger charge is -2.26. The van der Waals surface area contributed by atoms with Crippen LogP contribution >= 0.6 is 0 Å². The Bertz CT molecular complexity index is 851. The molecule has 0 saturated carbocycles. The molecule has 27 heavy (non-hydrogen) atoms. The van der Waals surface area contributed by atoms with Gasteiger partial charge in [-0.15, -0.1) is 0 Å². The average molecular weight is 366 g/mol. The molecule has 142 valence electrons. The highest BCUT2D eigenvalue weighted by Crippen LogP contribution is 2.29. The molecule has 2 aromatic rings. The van der Waals surface area contributed by atoms with Gasteiger partial charge < -0.3 is 15.0 Å². The number of carbonyl (C=O) groups excluding carboxylic acids is 2. The van der Waals surface area contributed by atoms with E-state index in [1.165, 1.54) is 5.56 Å². The van der Waals surface area contributed by atoms with E-state index in [4.69, 9.17) is 4.74 Å². The van der Waals surface area contributed by atoms with Crippen molar-refractivity contribution in [1.82, 2.24) is 0 Å². The Labute approximate surface area is 160 Å². The summed E-state index contributed by atoms with van der Waals surface area (Å²) >= 11 is 0. The fourth-order valence-corrected chi connectivity index (χ4v) is 3.13. The van der Waals surface area contributed by atoms with E-state index >= 15 is 0 Å². The van der Waals surface area contributed by atoms with E-state index in [2.05, 4.69) is 26.1 Å². The van der Waals surface area contributed by atoms with E-state index in [1.54, 1.807) is 11.9 Å². The van der Waals surface area contributed by atoms with Gasteiger partial charge in [0.25, 0.3) is 5.91 Å². The summed E-state index contributed by atoms with van der Waals surface area (Å²) in [6.07, 6.45) is 1.19. The molecule has 3 rings (SSSR count). The Morgan fingerprint density at radius 1 is 1.11 bits per heavy atom. The summed E-state index contributed by atoms with van der Waals surface area (Å²) in [6, 6.07) is 13.4. The smallest absolute Gasteiger partial charge is 0.262 e. The summed E-state index contributed by atoms with van der Waals surface area (Å²) in [6.45, 7) is 6.41. The third kappa shape index (κ3) is 4.48.